The summed E-state index contributed by atoms with van der Waals surface area (Å²) in [6, 6.07) is 5.00. The molecule has 1 aromatic carbocycles. The van der Waals surface area contributed by atoms with Crippen LogP contribution in [0.3, 0.4) is 0 Å². The van der Waals surface area contributed by atoms with Crippen LogP contribution in [-0.4, -0.2) is 47.5 Å². The Hall–Kier alpha value is -2.74. The van der Waals surface area contributed by atoms with E-state index in [1.54, 1.807) is 14.0 Å². The number of Topliss-reactive ketones (excluding diaryl/α,β-unsaturated/α-hetero) is 1. The number of ether oxygens (including phenoxy) is 2. The number of ketones is 1. The molecule has 2 aliphatic rings. The van der Waals surface area contributed by atoms with Crippen molar-refractivity contribution in [2.45, 2.75) is 105 Å². The van der Waals surface area contributed by atoms with Crippen molar-refractivity contribution < 1.29 is 19.1 Å². The van der Waals surface area contributed by atoms with Crippen LogP contribution in [0.4, 0.5) is 0 Å². The molecule has 4 rings (SSSR count). The molecule has 0 spiro atoms. The lowest BCUT2D eigenvalue weighted by molar-refractivity contribution is -0.125. The van der Waals surface area contributed by atoms with Crippen molar-refractivity contribution >= 4 is 22.7 Å². The molecular formula is C34H52N4O4. The Balaban J connectivity index is 1.47. The maximum atomic E-state index is 12.8. The molecule has 3 N–H and O–H groups in total. The van der Waals surface area contributed by atoms with Gasteiger partial charge in [-0.15, -0.1) is 0 Å². The van der Waals surface area contributed by atoms with Gasteiger partial charge in [0.05, 0.1) is 30.7 Å². The van der Waals surface area contributed by atoms with E-state index in [0.717, 1.165) is 54.1 Å². The molecule has 0 radical (unpaired) electrons. The Bertz CT molecular complexity index is 1230. The summed E-state index contributed by atoms with van der Waals surface area (Å²) in [4.78, 5) is 34.7. The van der Waals surface area contributed by atoms with Crippen LogP contribution >= 0.6 is 0 Å². The van der Waals surface area contributed by atoms with E-state index in [2.05, 4.69) is 12.2 Å². The Kier molecular flexibility index (Phi) is 10.5. The summed E-state index contributed by atoms with van der Waals surface area (Å²) in [5.41, 5.74) is 8.09. The number of hydrogen-bond acceptors (Lipinski definition) is 7. The first-order chi connectivity index (χ1) is 19.9. The van der Waals surface area contributed by atoms with Gasteiger partial charge in [-0.25, -0.2) is 9.97 Å². The molecule has 2 saturated carbocycles. The van der Waals surface area contributed by atoms with Crippen molar-refractivity contribution in [2.24, 2.45) is 40.7 Å². The zero-order chi connectivity index (χ0) is 30.6. The summed E-state index contributed by atoms with van der Waals surface area (Å²) in [7, 11) is 1.63. The van der Waals surface area contributed by atoms with Gasteiger partial charge in [-0.1, -0.05) is 53.9 Å². The number of carbonyl (C=O) groups excluding carboxylic acids is 2. The summed E-state index contributed by atoms with van der Waals surface area (Å²) in [5, 5.41) is 2.97. The van der Waals surface area contributed by atoms with Gasteiger partial charge >= 0.3 is 0 Å². The highest BCUT2D eigenvalue weighted by molar-refractivity contribution is 5.82. The molecule has 4 unspecified atom stereocenters. The number of amides is 1. The molecule has 0 aliphatic heterocycles. The van der Waals surface area contributed by atoms with E-state index < -0.39 is 12.1 Å². The van der Waals surface area contributed by atoms with Gasteiger partial charge in [0, 0.05) is 18.4 Å². The van der Waals surface area contributed by atoms with E-state index in [0.29, 0.717) is 23.6 Å². The smallest absolute Gasteiger partial charge is 0.237 e. The fraction of sp³-hybridized carbons (Fsp3) is 0.706. The predicted molar refractivity (Wildman–Crippen MR) is 166 cm³/mol. The highest BCUT2D eigenvalue weighted by Gasteiger charge is 2.52. The van der Waals surface area contributed by atoms with Crippen LogP contribution in [-0.2, 0) is 16.0 Å². The summed E-state index contributed by atoms with van der Waals surface area (Å²) < 4.78 is 12.0. The van der Waals surface area contributed by atoms with Gasteiger partial charge in [0.15, 0.2) is 0 Å². The molecule has 42 heavy (non-hydrogen) atoms. The van der Waals surface area contributed by atoms with Crippen LogP contribution in [0, 0.1) is 35.0 Å². The summed E-state index contributed by atoms with van der Waals surface area (Å²) >= 11 is 0. The van der Waals surface area contributed by atoms with Gasteiger partial charge in [-0.2, -0.15) is 0 Å². The second-order valence-electron chi connectivity index (χ2n) is 14.1. The minimum Gasteiger partial charge on any atom is -0.497 e. The van der Waals surface area contributed by atoms with Gasteiger partial charge < -0.3 is 25.3 Å². The number of unbranched alkanes of at least 4 members (excludes halogenated alkanes) is 2. The van der Waals surface area contributed by atoms with E-state index in [1.165, 1.54) is 25.7 Å². The second-order valence-corrected chi connectivity index (χ2v) is 14.1. The normalized spacial score (nSPS) is 23.6. The highest BCUT2D eigenvalue weighted by Crippen LogP contribution is 2.60. The van der Waals surface area contributed by atoms with Gasteiger partial charge in [-0.3, -0.25) is 4.79 Å². The highest BCUT2D eigenvalue weighted by atomic mass is 16.5. The van der Waals surface area contributed by atoms with Crippen molar-refractivity contribution in [3.8, 4) is 11.6 Å². The second kappa shape index (κ2) is 13.7. The summed E-state index contributed by atoms with van der Waals surface area (Å²) in [6.45, 7) is 12.0. The van der Waals surface area contributed by atoms with Crippen LogP contribution in [0.1, 0.15) is 92.2 Å². The Morgan fingerprint density at radius 1 is 1.10 bits per heavy atom. The van der Waals surface area contributed by atoms with E-state index in [-0.39, 0.29) is 29.6 Å². The van der Waals surface area contributed by atoms with E-state index in [4.69, 9.17) is 25.2 Å². The molecule has 232 valence electrons. The lowest BCUT2D eigenvalue weighted by atomic mass is 9.87. The number of aromatic nitrogens is 2. The first-order valence-corrected chi connectivity index (χ1v) is 15.9. The topological polar surface area (TPSA) is 116 Å². The Morgan fingerprint density at radius 3 is 2.45 bits per heavy atom. The van der Waals surface area contributed by atoms with Gasteiger partial charge in [0.1, 0.15) is 23.3 Å². The number of nitrogens with zero attached hydrogens (tertiary/aromatic N) is 2. The number of benzene rings is 1. The first-order valence-electron chi connectivity index (χ1n) is 15.9. The monoisotopic (exact) mass is 580 g/mol. The maximum Gasteiger partial charge on any atom is 0.237 e. The number of rotatable bonds is 15. The van der Waals surface area contributed by atoms with E-state index in [9.17, 15) is 9.59 Å². The quantitative estimate of drug-likeness (QED) is 0.253. The van der Waals surface area contributed by atoms with Gasteiger partial charge in [0.25, 0.3) is 0 Å². The van der Waals surface area contributed by atoms with Crippen LogP contribution < -0.4 is 20.5 Å². The zero-order valence-corrected chi connectivity index (χ0v) is 26.7. The molecule has 2 aliphatic carbocycles. The van der Waals surface area contributed by atoms with Crippen LogP contribution in [0.15, 0.2) is 18.2 Å². The fourth-order valence-corrected chi connectivity index (χ4v) is 6.65. The Morgan fingerprint density at radius 2 is 1.81 bits per heavy atom. The predicted octanol–water partition coefficient (Wildman–Crippen LogP) is 5.89. The minimum atomic E-state index is -0.664. The van der Waals surface area contributed by atoms with Crippen molar-refractivity contribution in [2.75, 3.05) is 13.7 Å². The third-order valence-electron chi connectivity index (χ3n) is 9.60. The third kappa shape index (κ3) is 8.21. The lowest BCUT2D eigenvalue weighted by Crippen LogP contribution is -2.51. The summed E-state index contributed by atoms with van der Waals surface area (Å²) in [6.07, 6.45) is 8.20. The average molecular weight is 581 g/mol. The van der Waals surface area contributed by atoms with E-state index in [1.807, 2.05) is 45.9 Å². The number of methoxy groups -OCH3 is 1. The molecule has 1 aromatic heterocycles. The SMILES string of the molecule is COc1ccc2nc(CCCCCC3C[C@@H]4C(C)[C@@H]4C3)c(OC(CNC(=O)C(N)C(C)(C)C)[C@@H](C)CC(C)=O)nc2c1. The molecule has 8 nitrogen and oxygen atoms in total. The first kappa shape index (κ1) is 32.2. The van der Waals surface area contributed by atoms with Crippen LogP contribution in [0.2, 0.25) is 0 Å². The van der Waals surface area contributed by atoms with Crippen molar-refractivity contribution in [3.05, 3.63) is 23.9 Å². The number of nitrogens with one attached hydrogen (secondary N) is 1. The molecule has 2 fully saturated rings. The van der Waals surface area contributed by atoms with Crippen molar-refractivity contribution in [1.82, 2.24) is 15.3 Å². The number of carbonyl (C=O) groups is 2. The van der Waals surface area contributed by atoms with Gasteiger partial charge in [-0.05, 0) is 73.8 Å². The molecule has 2 aromatic rings. The average Bonchev–Trinajstić information content (AvgIpc) is 3.31. The summed E-state index contributed by atoms with van der Waals surface area (Å²) in [5.74, 6) is 4.72. The number of fused-ring (bicyclic) bond motifs is 2. The Labute approximate surface area is 251 Å². The van der Waals surface area contributed by atoms with Crippen LogP contribution in [0.5, 0.6) is 11.6 Å². The van der Waals surface area contributed by atoms with E-state index >= 15 is 0 Å². The molecule has 1 heterocycles. The zero-order valence-electron chi connectivity index (χ0n) is 26.7. The van der Waals surface area contributed by atoms with Crippen molar-refractivity contribution in [3.63, 3.8) is 0 Å². The largest absolute Gasteiger partial charge is 0.497 e. The van der Waals surface area contributed by atoms with Crippen LogP contribution in [0.25, 0.3) is 11.0 Å². The molecule has 8 heteroatoms. The third-order valence-corrected chi connectivity index (χ3v) is 9.60. The van der Waals surface area contributed by atoms with Crippen molar-refractivity contribution in [1.29, 1.82) is 0 Å². The van der Waals surface area contributed by atoms with Gasteiger partial charge in [0.2, 0.25) is 11.8 Å². The molecule has 1 amide bonds. The lowest BCUT2D eigenvalue weighted by Gasteiger charge is -2.29. The number of hydrogen-bond donors (Lipinski definition) is 2. The fourth-order valence-electron chi connectivity index (χ4n) is 6.65. The minimum absolute atomic E-state index is 0.0670. The number of nitrogens with two attached hydrogens (primary N) is 1. The standard InChI is InChI=1S/C34H52N4O4/c1-20(15-21(2)39)30(19-36-32(40)31(35)34(4,5)6)42-33-28(37-27-14-13-24(41-7)18-29(27)38-33)12-10-8-9-11-23-16-25-22(3)26(25)17-23/h13-14,18,20,22-23,25-26,30-31H,8-12,15-17,19,35H2,1-7H3,(H,36,40)/t20-,22?,23?,25-,26+,30?,31?/m0/s1. The molecule has 0 bridgehead atoms. The molecular weight excluding hydrogens is 528 g/mol. The molecule has 7 atom stereocenters. The molecule has 0 saturated heterocycles. The maximum absolute atomic E-state index is 12.8. The number of aryl methyl sites for hydroxylation is 1.